The van der Waals surface area contributed by atoms with E-state index in [1.807, 2.05) is 41.9 Å². The number of para-hydroxylation sites is 1. The number of ether oxygens (including phenoxy) is 1. The van der Waals surface area contributed by atoms with Crippen molar-refractivity contribution in [2.45, 2.75) is 33.2 Å². The molecule has 1 heterocycles. The highest BCUT2D eigenvalue weighted by molar-refractivity contribution is 6.30. The molecule has 0 saturated heterocycles. The molecular weight excluding hydrogens is 260 g/mol. The van der Waals surface area contributed by atoms with Crippen LogP contribution in [0.4, 0.5) is 0 Å². The molecule has 0 saturated carbocycles. The van der Waals surface area contributed by atoms with Crippen molar-refractivity contribution in [2.75, 3.05) is 6.61 Å². The Kier molecular flexibility index (Phi) is 4.86. The lowest BCUT2D eigenvalue weighted by atomic mass is 10.2. The van der Waals surface area contributed by atoms with E-state index >= 15 is 0 Å². The molecule has 2 aromatic rings. The summed E-state index contributed by atoms with van der Waals surface area (Å²) in [5.41, 5.74) is 2.17. The summed E-state index contributed by atoms with van der Waals surface area (Å²) in [5, 5.41) is 5.25. The predicted octanol–water partition coefficient (Wildman–Crippen LogP) is 3.88. The van der Waals surface area contributed by atoms with Gasteiger partial charge in [-0.2, -0.15) is 5.10 Å². The standard InChI is InChI=1S/C15H19ClN2O/c1-3-14-12(2)15(16)18(17-14)10-7-11-19-13-8-5-4-6-9-13/h4-6,8-9H,3,7,10-11H2,1-2H3. The van der Waals surface area contributed by atoms with Crippen LogP contribution in [0.1, 0.15) is 24.6 Å². The van der Waals surface area contributed by atoms with Gasteiger partial charge in [0.15, 0.2) is 0 Å². The van der Waals surface area contributed by atoms with Gasteiger partial charge in [-0.25, -0.2) is 0 Å². The van der Waals surface area contributed by atoms with Gasteiger partial charge in [0.2, 0.25) is 0 Å². The molecule has 4 heteroatoms. The normalized spacial score (nSPS) is 10.7. The summed E-state index contributed by atoms with van der Waals surface area (Å²) in [6.07, 6.45) is 1.80. The van der Waals surface area contributed by atoms with E-state index < -0.39 is 0 Å². The van der Waals surface area contributed by atoms with Crippen LogP contribution < -0.4 is 4.74 Å². The smallest absolute Gasteiger partial charge is 0.130 e. The number of aromatic nitrogens is 2. The van der Waals surface area contributed by atoms with Crippen LogP contribution in [0.5, 0.6) is 5.75 Å². The fourth-order valence-corrected chi connectivity index (χ4v) is 2.21. The maximum Gasteiger partial charge on any atom is 0.130 e. The summed E-state index contributed by atoms with van der Waals surface area (Å²) >= 11 is 6.25. The van der Waals surface area contributed by atoms with Crippen LogP contribution >= 0.6 is 11.6 Å². The molecule has 0 aliphatic rings. The van der Waals surface area contributed by atoms with E-state index in [9.17, 15) is 0 Å². The van der Waals surface area contributed by atoms with Gasteiger partial charge in [-0.1, -0.05) is 36.7 Å². The Hall–Kier alpha value is -1.48. The molecule has 0 aliphatic carbocycles. The summed E-state index contributed by atoms with van der Waals surface area (Å²) in [6.45, 7) is 5.56. The summed E-state index contributed by atoms with van der Waals surface area (Å²) in [6, 6.07) is 9.83. The molecule has 1 aromatic heterocycles. The van der Waals surface area contributed by atoms with Crippen molar-refractivity contribution in [1.29, 1.82) is 0 Å². The third kappa shape index (κ3) is 3.51. The minimum atomic E-state index is 0.667. The van der Waals surface area contributed by atoms with E-state index in [0.29, 0.717) is 6.61 Å². The molecular formula is C15H19ClN2O. The molecule has 0 spiro atoms. The summed E-state index contributed by atoms with van der Waals surface area (Å²) in [7, 11) is 0. The zero-order chi connectivity index (χ0) is 13.7. The van der Waals surface area contributed by atoms with E-state index in [1.165, 1.54) is 0 Å². The molecule has 2 rings (SSSR count). The highest BCUT2D eigenvalue weighted by Crippen LogP contribution is 2.19. The Morgan fingerprint density at radius 2 is 2.00 bits per heavy atom. The number of nitrogens with zero attached hydrogens (tertiary/aromatic N) is 2. The van der Waals surface area contributed by atoms with Gasteiger partial charge >= 0.3 is 0 Å². The molecule has 0 unspecified atom stereocenters. The molecule has 102 valence electrons. The molecule has 0 fully saturated rings. The number of rotatable bonds is 6. The summed E-state index contributed by atoms with van der Waals surface area (Å²) < 4.78 is 7.51. The maximum atomic E-state index is 6.25. The zero-order valence-corrected chi connectivity index (χ0v) is 12.2. The van der Waals surface area contributed by atoms with E-state index in [4.69, 9.17) is 16.3 Å². The Morgan fingerprint density at radius 1 is 1.26 bits per heavy atom. The Morgan fingerprint density at radius 3 is 2.63 bits per heavy atom. The summed E-state index contributed by atoms with van der Waals surface area (Å²) in [4.78, 5) is 0. The van der Waals surface area contributed by atoms with Gasteiger partial charge in [-0.05, 0) is 25.5 Å². The van der Waals surface area contributed by atoms with Crippen LogP contribution in [-0.4, -0.2) is 16.4 Å². The number of halogens is 1. The molecule has 19 heavy (non-hydrogen) atoms. The monoisotopic (exact) mass is 278 g/mol. The average molecular weight is 279 g/mol. The van der Waals surface area contributed by atoms with Crippen molar-refractivity contribution in [2.24, 2.45) is 0 Å². The van der Waals surface area contributed by atoms with Gasteiger partial charge in [0.1, 0.15) is 10.9 Å². The third-order valence-corrected chi connectivity index (χ3v) is 3.55. The van der Waals surface area contributed by atoms with Crippen molar-refractivity contribution in [3.8, 4) is 5.75 Å². The van der Waals surface area contributed by atoms with E-state index in [0.717, 1.165) is 41.5 Å². The second-order valence-corrected chi connectivity index (χ2v) is 4.81. The van der Waals surface area contributed by atoms with Crippen molar-refractivity contribution in [3.63, 3.8) is 0 Å². The highest BCUT2D eigenvalue weighted by Gasteiger charge is 2.10. The number of aryl methyl sites for hydroxylation is 2. The first-order valence-electron chi connectivity index (χ1n) is 6.62. The van der Waals surface area contributed by atoms with E-state index in [2.05, 4.69) is 12.0 Å². The molecule has 0 aliphatic heterocycles. The van der Waals surface area contributed by atoms with Gasteiger partial charge in [0.05, 0.1) is 12.3 Å². The topological polar surface area (TPSA) is 27.1 Å². The van der Waals surface area contributed by atoms with Crippen molar-refractivity contribution >= 4 is 11.6 Å². The molecule has 0 N–H and O–H groups in total. The minimum Gasteiger partial charge on any atom is -0.494 e. The summed E-state index contributed by atoms with van der Waals surface area (Å²) in [5.74, 6) is 0.902. The predicted molar refractivity (Wildman–Crippen MR) is 77.9 cm³/mol. The minimum absolute atomic E-state index is 0.667. The Bertz CT molecular complexity index is 522. The first-order chi connectivity index (χ1) is 9.22. The van der Waals surface area contributed by atoms with Gasteiger partial charge in [0, 0.05) is 18.5 Å². The Balaban J connectivity index is 1.83. The number of hydrogen-bond donors (Lipinski definition) is 0. The lowest BCUT2D eigenvalue weighted by Crippen LogP contribution is -2.06. The third-order valence-electron chi connectivity index (χ3n) is 3.07. The van der Waals surface area contributed by atoms with E-state index in [1.54, 1.807) is 0 Å². The quantitative estimate of drug-likeness (QED) is 0.750. The molecule has 1 aromatic carbocycles. The highest BCUT2D eigenvalue weighted by atomic mass is 35.5. The van der Waals surface area contributed by atoms with Crippen LogP contribution in [0.25, 0.3) is 0 Å². The molecule has 0 radical (unpaired) electrons. The maximum absolute atomic E-state index is 6.25. The molecule has 3 nitrogen and oxygen atoms in total. The molecule has 0 atom stereocenters. The van der Waals surface area contributed by atoms with Gasteiger partial charge < -0.3 is 4.74 Å². The van der Waals surface area contributed by atoms with E-state index in [-0.39, 0.29) is 0 Å². The number of hydrogen-bond acceptors (Lipinski definition) is 2. The lowest BCUT2D eigenvalue weighted by molar-refractivity contribution is 0.298. The second-order valence-electron chi connectivity index (χ2n) is 4.45. The number of benzene rings is 1. The van der Waals surface area contributed by atoms with Crippen LogP contribution in [0.15, 0.2) is 30.3 Å². The second kappa shape index (κ2) is 6.62. The zero-order valence-electron chi connectivity index (χ0n) is 11.4. The van der Waals surface area contributed by atoms with Crippen LogP contribution in [0.2, 0.25) is 5.15 Å². The van der Waals surface area contributed by atoms with Crippen molar-refractivity contribution < 1.29 is 4.74 Å². The molecule has 0 bridgehead atoms. The average Bonchev–Trinajstić information content (AvgIpc) is 2.72. The van der Waals surface area contributed by atoms with Gasteiger partial charge in [-0.15, -0.1) is 0 Å². The van der Waals surface area contributed by atoms with Gasteiger partial charge in [0.25, 0.3) is 0 Å². The largest absolute Gasteiger partial charge is 0.494 e. The fraction of sp³-hybridized carbons (Fsp3) is 0.400. The SMILES string of the molecule is CCc1nn(CCCOc2ccccc2)c(Cl)c1C. The fourth-order valence-electron chi connectivity index (χ4n) is 1.98. The van der Waals surface area contributed by atoms with Crippen LogP contribution in [-0.2, 0) is 13.0 Å². The Labute approximate surface area is 119 Å². The first-order valence-corrected chi connectivity index (χ1v) is 6.99. The molecule has 0 amide bonds. The van der Waals surface area contributed by atoms with Gasteiger partial charge in [-0.3, -0.25) is 4.68 Å². The van der Waals surface area contributed by atoms with Crippen LogP contribution in [0.3, 0.4) is 0 Å². The van der Waals surface area contributed by atoms with Crippen LogP contribution in [0, 0.1) is 6.92 Å². The van der Waals surface area contributed by atoms with Crippen molar-refractivity contribution in [3.05, 3.63) is 46.7 Å². The first kappa shape index (κ1) is 13.9. The van der Waals surface area contributed by atoms with Crippen molar-refractivity contribution in [1.82, 2.24) is 9.78 Å². The lowest BCUT2D eigenvalue weighted by Gasteiger charge is -2.06.